The molecule has 0 bridgehead atoms. The highest BCUT2D eigenvalue weighted by molar-refractivity contribution is 7.91. The predicted octanol–water partition coefficient (Wildman–Crippen LogP) is 3.01. The molecule has 1 amide bonds. The van der Waals surface area contributed by atoms with E-state index in [1.165, 1.54) is 6.20 Å². The molecule has 1 fully saturated rings. The number of rotatable bonds is 5. The third kappa shape index (κ3) is 5.57. The maximum atomic E-state index is 12.9. The highest BCUT2D eigenvalue weighted by atomic mass is 32.2. The molecule has 3 aromatic heterocycles. The molecule has 1 aliphatic heterocycles. The summed E-state index contributed by atoms with van der Waals surface area (Å²) in [5.74, 6) is 0.128. The number of hydrogen-bond acceptors (Lipinski definition) is 9. The van der Waals surface area contributed by atoms with Crippen LogP contribution in [0.2, 0.25) is 0 Å². The van der Waals surface area contributed by atoms with E-state index < -0.39 is 15.3 Å². The van der Waals surface area contributed by atoms with Gasteiger partial charge in [-0.05, 0) is 45.0 Å². The fourth-order valence-electron chi connectivity index (χ4n) is 3.93. The van der Waals surface area contributed by atoms with Gasteiger partial charge in [0.25, 0.3) is 5.91 Å². The summed E-state index contributed by atoms with van der Waals surface area (Å²) >= 11 is 0. The van der Waals surface area contributed by atoms with Crippen LogP contribution in [0.4, 0.5) is 11.5 Å². The zero-order valence-electron chi connectivity index (χ0n) is 20.7. The summed E-state index contributed by atoms with van der Waals surface area (Å²) < 4.78 is 23.5. The zero-order chi connectivity index (χ0) is 26.8. The number of carbonyl (C=O) groups excluding carboxylic acids is 1. The van der Waals surface area contributed by atoms with Crippen molar-refractivity contribution in [3.8, 4) is 23.3 Å². The van der Waals surface area contributed by atoms with Gasteiger partial charge >= 0.3 is 0 Å². The van der Waals surface area contributed by atoms with E-state index in [2.05, 4.69) is 32.4 Å². The molecule has 4 rings (SSSR count). The van der Waals surface area contributed by atoms with Crippen LogP contribution in [0, 0.1) is 29.6 Å². The van der Waals surface area contributed by atoms with Crippen molar-refractivity contribution in [2.75, 3.05) is 34.8 Å². The van der Waals surface area contributed by atoms with E-state index >= 15 is 0 Å². The molecule has 0 aromatic carbocycles. The van der Waals surface area contributed by atoms with Crippen LogP contribution < -0.4 is 10.2 Å². The Bertz CT molecular complexity index is 1560. The Morgan fingerprint density at radius 2 is 1.81 bits per heavy atom. The molecular weight excluding hydrogens is 490 g/mol. The third-order valence-corrected chi connectivity index (χ3v) is 7.84. The normalized spacial score (nSPS) is 14.9. The second-order valence-electron chi connectivity index (χ2n) is 9.32. The van der Waals surface area contributed by atoms with Crippen LogP contribution in [0.1, 0.15) is 41.2 Å². The second kappa shape index (κ2) is 9.96. The summed E-state index contributed by atoms with van der Waals surface area (Å²) in [5.41, 5.74) is 2.81. The summed E-state index contributed by atoms with van der Waals surface area (Å²) in [6.45, 7) is 5.85. The number of pyridine rings is 3. The zero-order valence-corrected chi connectivity index (χ0v) is 21.5. The number of aromatic nitrogens is 3. The van der Waals surface area contributed by atoms with Crippen molar-refractivity contribution in [3.05, 3.63) is 65.4 Å². The van der Waals surface area contributed by atoms with E-state index in [1.54, 1.807) is 50.5 Å². The van der Waals surface area contributed by atoms with Gasteiger partial charge in [0, 0.05) is 47.9 Å². The van der Waals surface area contributed by atoms with Crippen LogP contribution in [-0.2, 0) is 15.3 Å². The SMILES string of the molecule is Cc1ncc(NC(=O)c2ccnc(C(C)(C)C#N)c2)cc1-c1cnc(N2CCS(=O)(=O)CC2)c(C#N)c1. The lowest BCUT2D eigenvalue weighted by molar-refractivity contribution is 0.102. The van der Waals surface area contributed by atoms with E-state index in [4.69, 9.17) is 0 Å². The van der Waals surface area contributed by atoms with Crippen LogP contribution in [0.3, 0.4) is 0 Å². The van der Waals surface area contributed by atoms with Gasteiger partial charge in [-0.15, -0.1) is 0 Å². The lowest BCUT2D eigenvalue weighted by Crippen LogP contribution is -2.41. The lowest BCUT2D eigenvalue weighted by atomic mass is 9.90. The van der Waals surface area contributed by atoms with E-state index in [1.807, 2.05) is 11.8 Å². The first-order valence-electron chi connectivity index (χ1n) is 11.5. The number of anilines is 2. The number of nitriles is 2. The fraction of sp³-hybridized carbons (Fsp3) is 0.308. The summed E-state index contributed by atoms with van der Waals surface area (Å²) in [7, 11) is -3.06. The largest absolute Gasteiger partial charge is 0.353 e. The van der Waals surface area contributed by atoms with Crippen molar-refractivity contribution >= 4 is 27.2 Å². The number of sulfone groups is 1. The Balaban J connectivity index is 1.60. The average molecular weight is 516 g/mol. The van der Waals surface area contributed by atoms with Gasteiger partial charge in [0.2, 0.25) is 0 Å². The fourth-order valence-corrected chi connectivity index (χ4v) is 5.13. The smallest absolute Gasteiger partial charge is 0.255 e. The van der Waals surface area contributed by atoms with Crippen LogP contribution in [0.5, 0.6) is 0 Å². The minimum Gasteiger partial charge on any atom is -0.353 e. The Morgan fingerprint density at radius 3 is 2.49 bits per heavy atom. The van der Waals surface area contributed by atoms with Gasteiger partial charge in [-0.2, -0.15) is 10.5 Å². The minimum absolute atomic E-state index is 0.0268. The number of nitrogens with one attached hydrogen (secondary N) is 1. The van der Waals surface area contributed by atoms with Crippen LogP contribution in [-0.4, -0.2) is 53.9 Å². The van der Waals surface area contributed by atoms with Crippen LogP contribution >= 0.6 is 0 Å². The Hall–Kier alpha value is -4.35. The molecule has 0 radical (unpaired) electrons. The quantitative estimate of drug-likeness (QED) is 0.540. The summed E-state index contributed by atoms with van der Waals surface area (Å²) in [6, 6.07) is 11.0. The molecule has 1 saturated heterocycles. The molecule has 10 nitrogen and oxygen atoms in total. The molecule has 0 spiro atoms. The summed E-state index contributed by atoms with van der Waals surface area (Å²) in [5, 5.41) is 22.0. The third-order valence-electron chi connectivity index (χ3n) is 6.23. The molecule has 3 aromatic rings. The Kier molecular flexibility index (Phi) is 6.92. The number of nitrogens with zero attached hydrogens (tertiary/aromatic N) is 6. The molecule has 188 valence electrons. The van der Waals surface area contributed by atoms with Crippen molar-refractivity contribution in [1.29, 1.82) is 10.5 Å². The van der Waals surface area contributed by atoms with E-state index in [-0.39, 0.29) is 30.5 Å². The molecule has 1 N–H and O–H groups in total. The maximum absolute atomic E-state index is 12.9. The van der Waals surface area contributed by atoms with Crippen LogP contribution in [0.15, 0.2) is 42.9 Å². The minimum atomic E-state index is -3.06. The predicted molar refractivity (Wildman–Crippen MR) is 139 cm³/mol. The molecule has 0 unspecified atom stereocenters. The van der Waals surface area contributed by atoms with Crippen LogP contribution in [0.25, 0.3) is 11.1 Å². The van der Waals surface area contributed by atoms with E-state index in [0.29, 0.717) is 45.1 Å². The number of hydrogen-bond donors (Lipinski definition) is 1. The van der Waals surface area contributed by atoms with Crippen molar-refractivity contribution in [1.82, 2.24) is 15.0 Å². The van der Waals surface area contributed by atoms with Crippen molar-refractivity contribution in [3.63, 3.8) is 0 Å². The molecule has 11 heteroatoms. The molecule has 37 heavy (non-hydrogen) atoms. The average Bonchev–Trinajstić information content (AvgIpc) is 2.89. The van der Waals surface area contributed by atoms with Crippen molar-refractivity contribution in [2.24, 2.45) is 0 Å². The van der Waals surface area contributed by atoms with Gasteiger partial charge in [0.15, 0.2) is 9.84 Å². The Morgan fingerprint density at radius 1 is 1.08 bits per heavy atom. The van der Waals surface area contributed by atoms with Gasteiger partial charge in [0.1, 0.15) is 11.9 Å². The molecule has 4 heterocycles. The monoisotopic (exact) mass is 515 g/mol. The first-order valence-corrected chi connectivity index (χ1v) is 13.4. The topological polar surface area (TPSA) is 153 Å². The van der Waals surface area contributed by atoms with Gasteiger partial charge in [-0.25, -0.2) is 13.4 Å². The van der Waals surface area contributed by atoms with Gasteiger partial charge < -0.3 is 10.2 Å². The lowest BCUT2D eigenvalue weighted by Gasteiger charge is -2.28. The van der Waals surface area contributed by atoms with Crippen molar-refractivity contribution in [2.45, 2.75) is 26.2 Å². The number of aryl methyl sites for hydroxylation is 1. The van der Waals surface area contributed by atoms with Gasteiger partial charge in [-0.3, -0.25) is 14.8 Å². The van der Waals surface area contributed by atoms with Crippen molar-refractivity contribution < 1.29 is 13.2 Å². The van der Waals surface area contributed by atoms with Gasteiger partial charge in [-0.1, -0.05) is 0 Å². The van der Waals surface area contributed by atoms with E-state index in [0.717, 1.165) is 0 Å². The molecule has 1 aliphatic rings. The maximum Gasteiger partial charge on any atom is 0.255 e. The molecular formula is C26H25N7O3S. The first-order chi connectivity index (χ1) is 17.5. The number of carbonyl (C=O) groups is 1. The Labute approximate surface area is 215 Å². The van der Waals surface area contributed by atoms with E-state index in [9.17, 15) is 23.7 Å². The standard InChI is InChI=1S/C26H25N7O3S/c1-17-22(20-10-19(13-27)24(31-14-20)33-6-8-37(35,36)9-7-33)12-21(15-30-17)32-25(34)18-4-5-29-23(11-18)26(2,3)16-28/h4-5,10-12,14-15H,6-9H2,1-3H3,(H,32,34). The summed E-state index contributed by atoms with van der Waals surface area (Å²) in [6.07, 6.45) is 4.66. The molecule has 0 aliphatic carbocycles. The highest BCUT2D eigenvalue weighted by Gasteiger charge is 2.25. The summed E-state index contributed by atoms with van der Waals surface area (Å²) in [4.78, 5) is 27.8. The number of amides is 1. The highest BCUT2D eigenvalue weighted by Crippen LogP contribution is 2.29. The first kappa shape index (κ1) is 25.7. The second-order valence-corrected chi connectivity index (χ2v) is 11.6. The molecule has 0 atom stereocenters. The molecule has 0 saturated carbocycles. The van der Waals surface area contributed by atoms with Gasteiger partial charge in [0.05, 0.1) is 46.1 Å².